The highest BCUT2D eigenvalue weighted by Crippen LogP contribution is 2.29. The van der Waals surface area contributed by atoms with Gasteiger partial charge in [-0.05, 0) is 49.2 Å². The first-order valence-corrected chi connectivity index (χ1v) is 5.94. The van der Waals surface area contributed by atoms with Gasteiger partial charge < -0.3 is 11.1 Å². The molecule has 0 heterocycles. The lowest BCUT2D eigenvalue weighted by Gasteiger charge is -2.13. The monoisotopic (exact) mass is 244 g/mol. The highest BCUT2D eigenvalue weighted by molar-refractivity contribution is 7.80. The van der Waals surface area contributed by atoms with Crippen LogP contribution < -0.4 is 11.1 Å². The molecule has 2 rings (SSSR count). The summed E-state index contributed by atoms with van der Waals surface area (Å²) in [5.74, 6) is 0. The van der Waals surface area contributed by atoms with Crippen LogP contribution in [0.25, 0.3) is 0 Å². The van der Waals surface area contributed by atoms with Crippen molar-refractivity contribution < 1.29 is 0 Å². The normalized spacial score (nSPS) is 10.3. The second-order valence-electron chi connectivity index (χ2n) is 4.17. The SMILES string of the molecule is Cc1cccc(Nc2ccc(S)c(N)c2C)c1. The van der Waals surface area contributed by atoms with E-state index in [2.05, 4.69) is 37.0 Å². The van der Waals surface area contributed by atoms with Crippen molar-refractivity contribution in [1.29, 1.82) is 0 Å². The van der Waals surface area contributed by atoms with E-state index >= 15 is 0 Å². The zero-order valence-electron chi connectivity index (χ0n) is 9.99. The minimum Gasteiger partial charge on any atom is -0.398 e. The van der Waals surface area contributed by atoms with Crippen molar-refractivity contribution in [2.75, 3.05) is 11.1 Å². The molecule has 17 heavy (non-hydrogen) atoms. The van der Waals surface area contributed by atoms with E-state index in [0.29, 0.717) is 0 Å². The van der Waals surface area contributed by atoms with Gasteiger partial charge in [-0.25, -0.2) is 0 Å². The number of thiol groups is 1. The molecular weight excluding hydrogens is 228 g/mol. The van der Waals surface area contributed by atoms with Crippen LogP contribution in [0.5, 0.6) is 0 Å². The summed E-state index contributed by atoms with van der Waals surface area (Å²) in [6.45, 7) is 4.07. The van der Waals surface area contributed by atoms with E-state index in [1.807, 2.05) is 31.2 Å². The van der Waals surface area contributed by atoms with Crippen LogP contribution in [0.1, 0.15) is 11.1 Å². The lowest BCUT2D eigenvalue weighted by atomic mass is 10.1. The lowest BCUT2D eigenvalue weighted by molar-refractivity contribution is 1.35. The summed E-state index contributed by atoms with van der Waals surface area (Å²) in [5.41, 5.74) is 11.0. The van der Waals surface area contributed by atoms with E-state index in [1.165, 1.54) is 5.56 Å². The molecule has 0 aromatic heterocycles. The van der Waals surface area contributed by atoms with Crippen molar-refractivity contribution in [3.8, 4) is 0 Å². The van der Waals surface area contributed by atoms with Gasteiger partial charge in [0.2, 0.25) is 0 Å². The molecule has 0 saturated carbocycles. The Morgan fingerprint density at radius 1 is 1.12 bits per heavy atom. The molecule has 0 aliphatic rings. The number of nitrogens with two attached hydrogens (primary N) is 1. The molecular formula is C14H16N2S. The number of hydrogen-bond donors (Lipinski definition) is 3. The number of aryl methyl sites for hydroxylation is 1. The van der Waals surface area contributed by atoms with Crippen LogP contribution in [-0.4, -0.2) is 0 Å². The average Bonchev–Trinajstić information content (AvgIpc) is 2.30. The molecule has 0 aliphatic heterocycles. The molecule has 0 radical (unpaired) electrons. The molecule has 3 N–H and O–H groups in total. The molecule has 0 atom stereocenters. The predicted octanol–water partition coefficient (Wildman–Crippen LogP) is 3.92. The molecule has 0 saturated heterocycles. The Hall–Kier alpha value is -1.61. The number of anilines is 3. The Balaban J connectivity index is 2.34. The summed E-state index contributed by atoms with van der Waals surface area (Å²) in [6, 6.07) is 12.1. The van der Waals surface area contributed by atoms with Crippen molar-refractivity contribution in [2.45, 2.75) is 18.7 Å². The Kier molecular flexibility index (Phi) is 3.29. The predicted molar refractivity (Wildman–Crippen MR) is 77.3 cm³/mol. The second-order valence-corrected chi connectivity index (χ2v) is 4.65. The Morgan fingerprint density at radius 3 is 2.59 bits per heavy atom. The standard InChI is InChI=1S/C14H16N2S/c1-9-4-3-5-11(8-9)16-12-6-7-13(17)14(15)10(12)2/h3-8,16-17H,15H2,1-2H3. The molecule has 88 valence electrons. The van der Waals surface area contributed by atoms with Crippen LogP contribution in [0.2, 0.25) is 0 Å². The second kappa shape index (κ2) is 4.72. The van der Waals surface area contributed by atoms with Crippen LogP contribution in [0, 0.1) is 13.8 Å². The van der Waals surface area contributed by atoms with E-state index < -0.39 is 0 Å². The van der Waals surface area contributed by atoms with Gasteiger partial charge in [-0.3, -0.25) is 0 Å². The van der Waals surface area contributed by atoms with Gasteiger partial charge in [0, 0.05) is 22.0 Å². The van der Waals surface area contributed by atoms with E-state index in [4.69, 9.17) is 5.73 Å². The Bertz CT molecular complexity index is 550. The zero-order chi connectivity index (χ0) is 12.4. The van der Waals surface area contributed by atoms with Crippen molar-refractivity contribution in [3.63, 3.8) is 0 Å². The fraction of sp³-hybridized carbons (Fsp3) is 0.143. The van der Waals surface area contributed by atoms with Crippen LogP contribution >= 0.6 is 12.6 Å². The number of nitrogen functional groups attached to an aromatic ring is 1. The van der Waals surface area contributed by atoms with Gasteiger partial charge in [-0.15, -0.1) is 12.6 Å². The number of benzene rings is 2. The van der Waals surface area contributed by atoms with Crippen LogP contribution in [0.4, 0.5) is 17.1 Å². The first-order chi connectivity index (χ1) is 8.08. The molecule has 0 fully saturated rings. The third-order valence-corrected chi connectivity index (χ3v) is 3.18. The van der Waals surface area contributed by atoms with Gasteiger partial charge in [0.1, 0.15) is 0 Å². The first kappa shape index (κ1) is 11.9. The number of rotatable bonds is 2. The van der Waals surface area contributed by atoms with E-state index in [9.17, 15) is 0 Å². The molecule has 3 heteroatoms. The topological polar surface area (TPSA) is 38.0 Å². The Labute approximate surface area is 107 Å². The molecule has 0 spiro atoms. The molecule has 2 aromatic carbocycles. The third-order valence-electron chi connectivity index (χ3n) is 2.79. The van der Waals surface area contributed by atoms with Crippen molar-refractivity contribution in [2.24, 2.45) is 0 Å². The van der Waals surface area contributed by atoms with Crippen molar-refractivity contribution in [3.05, 3.63) is 47.5 Å². The number of nitrogens with one attached hydrogen (secondary N) is 1. The van der Waals surface area contributed by atoms with Gasteiger partial charge in [-0.2, -0.15) is 0 Å². The summed E-state index contributed by atoms with van der Waals surface area (Å²) in [7, 11) is 0. The smallest absolute Gasteiger partial charge is 0.0500 e. The fourth-order valence-electron chi connectivity index (χ4n) is 1.73. The van der Waals surface area contributed by atoms with Crippen LogP contribution in [-0.2, 0) is 0 Å². The van der Waals surface area contributed by atoms with Crippen LogP contribution in [0.15, 0.2) is 41.3 Å². The van der Waals surface area contributed by atoms with Crippen LogP contribution in [0.3, 0.4) is 0 Å². The molecule has 2 nitrogen and oxygen atoms in total. The fourth-order valence-corrected chi connectivity index (χ4v) is 1.97. The van der Waals surface area contributed by atoms with E-state index in [-0.39, 0.29) is 0 Å². The maximum Gasteiger partial charge on any atom is 0.0500 e. The lowest BCUT2D eigenvalue weighted by Crippen LogP contribution is -1.98. The summed E-state index contributed by atoms with van der Waals surface area (Å²) >= 11 is 4.30. The molecule has 0 amide bonds. The van der Waals surface area contributed by atoms with E-state index in [0.717, 1.165) is 27.5 Å². The molecule has 0 bridgehead atoms. The quantitative estimate of drug-likeness (QED) is 0.553. The third kappa shape index (κ3) is 2.56. The van der Waals surface area contributed by atoms with Gasteiger partial charge in [0.25, 0.3) is 0 Å². The van der Waals surface area contributed by atoms with Gasteiger partial charge in [-0.1, -0.05) is 12.1 Å². The highest BCUT2D eigenvalue weighted by Gasteiger charge is 2.05. The van der Waals surface area contributed by atoms with Gasteiger partial charge >= 0.3 is 0 Å². The summed E-state index contributed by atoms with van der Waals surface area (Å²) in [6.07, 6.45) is 0. The minimum absolute atomic E-state index is 0.728. The highest BCUT2D eigenvalue weighted by atomic mass is 32.1. The minimum atomic E-state index is 0.728. The summed E-state index contributed by atoms with van der Waals surface area (Å²) in [5, 5.41) is 3.37. The maximum atomic E-state index is 5.95. The van der Waals surface area contributed by atoms with Crippen molar-refractivity contribution >= 4 is 29.7 Å². The van der Waals surface area contributed by atoms with Gasteiger partial charge in [0.05, 0.1) is 0 Å². The Morgan fingerprint density at radius 2 is 1.88 bits per heavy atom. The first-order valence-electron chi connectivity index (χ1n) is 5.49. The number of hydrogen-bond acceptors (Lipinski definition) is 3. The maximum absolute atomic E-state index is 5.95. The zero-order valence-corrected chi connectivity index (χ0v) is 10.9. The molecule has 0 unspecified atom stereocenters. The molecule has 0 aliphatic carbocycles. The van der Waals surface area contributed by atoms with Gasteiger partial charge in [0.15, 0.2) is 0 Å². The summed E-state index contributed by atoms with van der Waals surface area (Å²) in [4.78, 5) is 0.817. The van der Waals surface area contributed by atoms with Crippen molar-refractivity contribution in [1.82, 2.24) is 0 Å². The average molecular weight is 244 g/mol. The molecule has 2 aromatic rings. The largest absolute Gasteiger partial charge is 0.398 e. The van der Waals surface area contributed by atoms with E-state index in [1.54, 1.807) is 0 Å². The summed E-state index contributed by atoms with van der Waals surface area (Å²) < 4.78 is 0.